The zero-order chi connectivity index (χ0) is 18.1. The van der Waals surface area contributed by atoms with Crippen LogP contribution in [-0.4, -0.2) is 47.8 Å². The fourth-order valence-electron chi connectivity index (χ4n) is 4.04. The summed E-state index contributed by atoms with van der Waals surface area (Å²) in [4.78, 5) is 29.4. The third-order valence-corrected chi connectivity index (χ3v) is 6.66. The monoisotopic (exact) mass is 374 g/mol. The van der Waals surface area contributed by atoms with Crippen LogP contribution in [0.1, 0.15) is 41.8 Å². The summed E-state index contributed by atoms with van der Waals surface area (Å²) in [6.07, 6.45) is 5.49. The number of piperazine rings is 1. The standard InChI is InChI=1S/C20H23FN2O2S/c21-16-6-3-7-17-15(16)13-18(26-17)20(25)23-10-8-22(9-11-23)19(24)12-14-4-1-2-5-14/h3,6-7,13-14H,1-2,4-5,8-12H2. The van der Waals surface area contributed by atoms with E-state index in [1.54, 1.807) is 17.0 Å². The molecule has 1 aromatic heterocycles. The second-order valence-corrected chi connectivity index (χ2v) is 8.37. The fraction of sp³-hybridized carbons (Fsp3) is 0.500. The van der Waals surface area contributed by atoms with Gasteiger partial charge in [0.15, 0.2) is 0 Å². The number of thiophene rings is 1. The fourth-order valence-corrected chi connectivity index (χ4v) is 5.08. The molecule has 138 valence electrons. The molecule has 1 aliphatic carbocycles. The van der Waals surface area contributed by atoms with Gasteiger partial charge in [-0.1, -0.05) is 18.9 Å². The lowest BCUT2D eigenvalue weighted by Gasteiger charge is -2.35. The molecule has 1 aliphatic heterocycles. The van der Waals surface area contributed by atoms with Crippen LogP contribution >= 0.6 is 11.3 Å². The molecule has 0 N–H and O–H groups in total. The number of halogens is 1. The normalized spacial score (nSPS) is 18.7. The van der Waals surface area contributed by atoms with Crippen LogP contribution < -0.4 is 0 Å². The van der Waals surface area contributed by atoms with E-state index in [2.05, 4.69) is 0 Å². The minimum absolute atomic E-state index is 0.0616. The van der Waals surface area contributed by atoms with Crippen LogP contribution in [0.4, 0.5) is 4.39 Å². The zero-order valence-corrected chi connectivity index (χ0v) is 15.6. The van der Waals surface area contributed by atoms with Gasteiger partial charge in [-0.3, -0.25) is 9.59 Å². The van der Waals surface area contributed by atoms with Crippen LogP contribution in [0.3, 0.4) is 0 Å². The van der Waals surface area contributed by atoms with Crippen molar-refractivity contribution in [3.8, 4) is 0 Å². The molecule has 2 fully saturated rings. The van der Waals surface area contributed by atoms with Crippen molar-refractivity contribution in [3.05, 3.63) is 35.0 Å². The highest BCUT2D eigenvalue weighted by Gasteiger charge is 2.28. The van der Waals surface area contributed by atoms with E-state index in [1.165, 1.54) is 43.1 Å². The predicted octanol–water partition coefficient (Wildman–Crippen LogP) is 3.91. The summed E-state index contributed by atoms with van der Waals surface area (Å²) in [5.41, 5.74) is 0. The summed E-state index contributed by atoms with van der Waals surface area (Å²) in [6.45, 7) is 2.28. The lowest BCUT2D eigenvalue weighted by atomic mass is 10.0. The summed E-state index contributed by atoms with van der Waals surface area (Å²) in [7, 11) is 0. The molecule has 0 atom stereocenters. The van der Waals surface area contributed by atoms with Gasteiger partial charge >= 0.3 is 0 Å². The first-order chi connectivity index (χ1) is 12.6. The third-order valence-electron chi connectivity index (χ3n) is 5.58. The van der Waals surface area contributed by atoms with Crippen LogP contribution in [0.2, 0.25) is 0 Å². The molecule has 0 spiro atoms. The minimum Gasteiger partial charge on any atom is -0.339 e. The molecule has 1 saturated carbocycles. The van der Waals surface area contributed by atoms with Crippen LogP contribution in [0, 0.1) is 11.7 Å². The molecule has 4 rings (SSSR count). The number of nitrogens with zero attached hydrogens (tertiary/aromatic N) is 2. The summed E-state index contributed by atoms with van der Waals surface area (Å²) in [5.74, 6) is 0.428. The molecule has 1 aromatic carbocycles. The van der Waals surface area contributed by atoms with Crippen molar-refractivity contribution in [2.24, 2.45) is 5.92 Å². The topological polar surface area (TPSA) is 40.6 Å². The van der Waals surface area contributed by atoms with Crippen molar-refractivity contribution in [1.29, 1.82) is 0 Å². The molecule has 2 heterocycles. The van der Waals surface area contributed by atoms with Crippen molar-refractivity contribution in [2.45, 2.75) is 32.1 Å². The van der Waals surface area contributed by atoms with Crippen LogP contribution in [0.5, 0.6) is 0 Å². The first kappa shape index (κ1) is 17.5. The Morgan fingerprint density at radius 3 is 2.46 bits per heavy atom. The maximum atomic E-state index is 13.8. The molecule has 26 heavy (non-hydrogen) atoms. The van der Waals surface area contributed by atoms with E-state index in [0.717, 1.165) is 4.70 Å². The van der Waals surface area contributed by atoms with Gasteiger partial charge in [0.25, 0.3) is 5.91 Å². The van der Waals surface area contributed by atoms with Gasteiger partial charge < -0.3 is 9.80 Å². The third kappa shape index (κ3) is 3.47. The molecule has 2 amide bonds. The van der Waals surface area contributed by atoms with Gasteiger partial charge in [0.1, 0.15) is 5.82 Å². The number of hydrogen-bond acceptors (Lipinski definition) is 3. The summed E-state index contributed by atoms with van der Waals surface area (Å²) in [5, 5.41) is 0.506. The van der Waals surface area contributed by atoms with Crippen LogP contribution in [-0.2, 0) is 4.79 Å². The summed E-state index contributed by atoms with van der Waals surface area (Å²) < 4.78 is 14.6. The largest absolute Gasteiger partial charge is 0.339 e. The van der Waals surface area contributed by atoms with E-state index >= 15 is 0 Å². The van der Waals surface area contributed by atoms with E-state index in [4.69, 9.17) is 0 Å². The van der Waals surface area contributed by atoms with Crippen molar-refractivity contribution >= 4 is 33.2 Å². The number of rotatable bonds is 3. The van der Waals surface area contributed by atoms with Gasteiger partial charge in [0, 0.05) is 42.7 Å². The van der Waals surface area contributed by atoms with Gasteiger partial charge in [-0.2, -0.15) is 0 Å². The molecule has 0 radical (unpaired) electrons. The molecular formula is C20H23FN2O2S. The number of fused-ring (bicyclic) bond motifs is 1. The van der Waals surface area contributed by atoms with Gasteiger partial charge in [-0.25, -0.2) is 4.39 Å². The summed E-state index contributed by atoms with van der Waals surface area (Å²) >= 11 is 1.33. The second-order valence-electron chi connectivity index (χ2n) is 7.29. The highest BCUT2D eigenvalue weighted by Crippen LogP contribution is 2.30. The van der Waals surface area contributed by atoms with Crippen LogP contribution in [0.15, 0.2) is 24.3 Å². The Kier molecular flexibility index (Phi) is 4.94. The molecule has 2 aliphatic rings. The Balaban J connectivity index is 1.36. The Morgan fingerprint density at radius 2 is 1.77 bits per heavy atom. The number of carbonyl (C=O) groups is 2. The van der Waals surface area contributed by atoms with E-state index in [9.17, 15) is 14.0 Å². The van der Waals surface area contributed by atoms with Crippen molar-refractivity contribution in [1.82, 2.24) is 9.80 Å². The first-order valence-corrected chi connectivity index (χ1v) is 10.2. The number of benzene rings is 1. The maximum absolute atomic E-state index is 13.8. The average molecular weight is 374 g/mol. The quantitative estimate of drug-likeness (QED) is 0.817. The number of amides is 2. The number of carbonyl (C=O) groups excluding carboxylic acids is 2. The SMILES string of the molecule is O=C(CC1CCCC1)N1CCN(C(=O)c2cc3c(F)cccc3s2)CC1. The molecular weight excluding hydrogens is 351 g/mol. The molecule has 0 unspecified atom stereocenters. The van der Waals surface area contributed by atoms with Crippen LogP contribution in [0.25, 0.3) is 10.1 Å². The smallest absolute Gasteiger partial charge is 0.264 e. The highest BCUT2D eigenvalue weighted by molar-refractivity contribution is 7.20. The van der Waals surface area contributed by atoms with E-state index in [1.807, 2.05) is 11.0 Å². The van der Waals surface area contributed by atoms with Gasteiger partial charge in [0.05, 0.1) is 4.88 Å². The lowest BCUT2D eigenvalue weighted by Crippen LogP contribution is -2.50. The molecule has 6 heteroatoms. The first-order valence-electron chi connectivity index (χ1n) is 9.37. The van der Waals surface area contributed by atoms with Crippen molar-refractivity contribution in [2.75, 3.05) is 26.2 Å². The van der Waals surface area contributed by atoms with Crippen molar-refractivity contribution in [3.63, 3.8) is 0 Å². The van der Waals surface area contributed by atoms with E-state index in [-0.39, 0.29) is 17.6 Å². The van der Waals surface area contributed by atoms with Gasteiger partial charge in [-0.15, -0.1) is 11.3 Å². The Hall–Kier alpha value is -1.95. The average Bonchev–Trinajstić information content (AvgIpc) is 3.31. The van der Waals surface area contributed by atoms with Gasteiger partial charge in [-0.05, 0) is 37.0 Å². The Labute approximate surface area is 156 Å². The molecule has 1 saturated heterocycles. The maximum Gasteiger partial charge on any atom is 0.264 e. The van der Waals surface area contributed by atoms with E-state index < -0.39 is 0 Å². The minimum atomic E-state index is -0.292. The second kappa shape index (κ2) is 7.35. The zero-order valence-electron chi connectivity index (χ0n) is 14.7. The van der Waals surface area contributed by atoms with Crippen molar-refractivity contribution < 1.29 is 14.0 Å². The predicted molar refractivity (Wildman–Crippen MR) is 101 cm³/mol. The molecule has 0 bridgehead atoms. The summed E-state index contributed by atoms with van der Waals surface area (Å²) in [6, 6.07) is 6.56. The highest BCUT2D eigenvalue weighted by atomic mass is 32.1. The molecule has 4 nitrogen and oxygen atoms in total. The Bertz CT molecular complexity index is 820. The molecule has 2 aromatic rings. The lowest BCUT2D eigenvalue weighted by molar-refractivity contribution is -0.133. The van der Waals surface area contributed by atoms with Gasteiger partial charge in [0.2, 0.25) is 5.91 Å². The number of hydrogen-bond donors (Lipinski definition) is 0. The van der Waals surface area contributed by atoms with E-state index in [0.29, 0.717) is 48.8 Å². The Morgan fingerprint density at radius 1 is 1.08 bits per heavy atom.